The van der Waals surface area contributed by atoms with Crippen molar-refractivity contribution < 1.29 is 9.53 Å². The number of piperazine rings is 1. The molecule has 0 aliphatic carbocycles. The van der Waals surface area contributed by atoms with Crippen molar-refractivity contribution in [3.05, 3.63) is 28.8 Å². The van der Waals surface area contributed by atoms with E-state index in [0.29, 0.717) is 13.0 Å². The predicted octanol–water partition coefficient (Wildman–Crippen LogP) is 2.21. The maximum Gasteiger partial charge on any atom is 0.223 e. The van der Waals surface area contributed by atoms with Crippen LogP contribution in [0.2, 0.25) is 0 Å². The smallest absolute Gasteiger partial charge is 0.223 e. The van der Waals surface area contributed by atoms with Crippen molar-refractivity contribution in [2.75, 3.05) is 45.9 Å². The van der Waals surface area contributed by atoms with Gasteiger partial charge in [-0.05, 0) is 56.5 Å². The Kier molecular flexibility index (Phi) is 9.86. The Bertz CT molecular complexity index is 546. The van der Waals surface area contributed by atoms with Gasteiger partial charge in [0.2, 0.25) is 5.91 Å². The van der Waals surface area contributed by atoms with Crippen molar-refractivity contribution in [3.63, 3.8) is 0 Å². The normalized spacial score (nSPS) is 14.7. The van der Waals surface area contributed by atoms with E-state index < -0.39 is 0 Å². The zero-order valence-corrected chi connectivity index (χ0v) is 16.5. The molecule has 1 aliphatic rings. The number of carbonyl (C=O) groups excluding carboxylic acids is 1. The largest absolute Gasteiger partial charge is 0.493 e. The number of hydrogen-bond acceptors (Lipinski definition) is 4. The van der Waals surface area contributed by atoms with Crippen molar-refractivity contribution in [1.82, 2.24) is 15.5 Å². The number of rotatable bonds is 8. The molecular formula is C19H32ClN3O2. The Labute approximate surface area is 157 Å². The van der Waals surface area contributed by atoms with Crippen LogP contribution in [0.3, 0.4) is 0 Å². The second-order valence-corrected chi connectivity index (χ2v) is 6.60. The van der Waals surface area contributed by atoms with E-state index in [4.69, 9.17) is 4.74 Å². The van der Waals surface area contributed by atoms with Crippen LogP contribution in [0, 0.1) is 20.8 Å². The van der Waals surface area contributed by atoms with Crippen LogP contribution >= 0.6 is 12.4 Å². The number of benzene rings is 1. The van der Waals surface area contributed by atoms with Gasteiger partial charge in [0.25, 0.3) is 0 Å². The highest BCUT2D eigenvalue weighted by Gasteiger charge is 2.09. The fourth-order valence-corrected chi connectivity index (χ4v) is 2.96. The van der Waals surface area contributed by atoms with E-state index in [1.54, 1.807) is 0 Å². The summed E-state index contributed by atoms with van der Waals surface area (Å²) in [6.07, 6.45) is 1.41. The van der Waals surface area contributed by atoms with Gasteiger partial charge in [-0.1, -0.05) is 6.07 Å². The number of aryl methyl sites for hydroxylation is 2. The first-order chi connectivity index (χ1) is 11.6. The molecule has 0 radical (unpaired) electrons. The third kappa shape index (κ3) is 7.63. The molecule has 1 saturated heterocycles. The Morgan fingerprint density at radius 2 is 1.96 bits per heavy atom. The van der Waals surface area contributed by atoms with Gasteiger partial charge in [-0.25, -0.2) is 0 Å². The van der Waals surface area contributed by atoms with Gasteiger partial charge in [0.15, 0.2) is 0 Å². The third-order valence-corrected chi connectivity index (χ3v) is 4.53. The molecule has 0 saturated carbocycles. The van der Waals surface area contributed by atoms with Gasteiger partial charge in [0.1, 0.15) is 5.75 Å². The minimum absolute atomic E-state index is 0. The first kappa shape index (κ1) is 21.7. The molecule has 1 heterocycles. The number of amides is 1. The summed E-state index contributed by atoms with van der Waals surface area (Å²) >= 11 is 0. The van der Waals surface area contributed by atoms with Gasteiger partial charge >= 0.3 is 0 Å². The molecule has 0 bridgehead atoms. The lowest BCUT2D eigenvalue weighted by Gasteiger charge is -2.27. The average molecular weight is 370 g/mol. The monoisotopic (exact) mass is 369 g/mol. The SMILES string of the molecule is Cc1cc(C)c(C)c(OCCC(=O)NCCCN2CCNCC2)c1.Cl. The summed E-state index contributed by atoms with van der Waals surface area (Å²) in [6.45, 7) is 12.8. The Balaban J connectivity index is 0.00000312. The van der Waals surface area contributed by atoms with Crippen LogP contribution in [0.1, 0.15) is 29.5 Å². The van der Waals surface area contributed by atoms with E-state index in [2.05, 4.69) is 42.4 Å². The molecule has 1 amide bonds. The quantitative estimate of drug-likeness (QED) is 0.690. The number of carbonyl (C=O) groups is 1. The highest BCUT2D eigenvalue weighted by atomic mass is 35.5. The van der Waals surface area contributed by atoms with Crippen LogP contribution < -0.4 is 15.4 Å². The molecule has 2 rings (SSSR count). The van der Waals surface area contributed by atoms with Crippen molar-refractivity contribution in [1.29, 1.82) is 0 Å². The van der Waals surface area contributed by atoms with Gasteiger partial charge in [0, 0.05) is 32.7 Å². The van der Waals surface area contributed by atoms with Crippen LogP contribution in [0.5, 0.6) is 5.75 Å². The van der Waals surface area contributed by atoms with Gasteiger partial charge in [0.05, 0.1) is 13.0 Å². The van der Waals surface area contributed by atoms with E-state index in [-0.39, 0.29) is 18.3 Å². The summed E-state index contributed by atoms with van der Waals surface area (Å²) in [4.78, 5) is 14.3. The number of halogens is 1. The maximum atomic E-state index is 11.9. The Morgan fingerprint density at radius 3 is 2.68 bits per heavy atom. The maximum absolute atomic E-state index is 11.9. The van der Waals surface area contributed by atoms with Gasteiger partial charge in [-0.2, -0.15) is 0 Å². The highest BCUT2D eigenvalue weighted by molar-refractivity contribution is 5.85. The van der Waals surface area contributed by atoms with Gasteiger partial charge in [-0.3, -0.25) is 4.79 Å². The fraction of sp³-hybridized carbons (Fsp3) is 0.632. The summed E-state index contributed by atoms with van der Waals surface area (Å²) in [5, 5.41) is 6.33. The van der Waals surface area contributed by atoms with Crippen LogP contribution in [0.15, 0.2) is 12.1 Å². The molecule has 0 aromatic heterocycles. The van der Waals surface area contributed by atoms with E-state index in [0.717, 1.165) is 57.0 Å². The topological polar surface area (TPSA) is 53.6 Å². The van der Waals surface area contributed by atoms with E-state index in [1.165, 1.54) is 11.1 Å². The van der Waals surface area contributed by atoms with E-state index in [9.17, 15) is 4.79 Å². The third-order valence-electron chi connectivity index (χ3n) is 4.53. The molecule has 142 valence electrons. The molecule has 0 unspecified atom stereocenters. The molecule has 2 N–H and O–H groups in total. The van der Waals surface area contributed by atoms with Crippen LogP contribution in [-0.4, -0.2) is 56.7 Å². The van der Waals surface area contributed by atoms with E-state index in [1.807, 2.05) is 6.07 Å². The molecule has 5 nitrogen and oxygen atoms in total. The molecule has 1 aromatic rings. The van der Waals surface area contributed by atoms with Crippen molar-refractivity contribution >= 4 is 18.3 Å². The summed E-state index contributed by atoms with van der Waals surface area (Å²) in [7, 11) is 0. The fourth-order valence-electron chi connectivity index (χ4n) is 2.96. The first-order valence-electron chi connectivity index (χ1n) is 8.96. The number of nitrogens with zero attached hydrogens (tertiary/aromatic N) is 1. The van der Waals surface area contributed by atoms with Crippen molar-refractivity contribution in [2.24, 2.45) is 0 Å². The zero-order chi connectivity index (χ0) is 17.4. The minimum Gasteiger partial charge on any atom is -0.493 e. The van der Waals surface area contributed by atoms with Crippen LogP contribution in [0.4, 0.5) is 0 Å². The summed E-state index contributed by atoms with van der Waals surface area (Å²) < 4.78 is 5.79. The van der Waals surface area contributed by atoms with Crippen LogP contribution in [-0.2, 0) is 4.79 Å². The Morgan fingerprint density at radius 1 is 1.24 bits per heavy atom. The van der Waals surface area contributed by atoms with Crippen molar-refractivity contribution in [2.45, 2.75) is 33.6 Å². The zero-order valence-electron chi connectivity index (χ0n) is 15.7. The lowest BCUT2D eigenvalue weighted by atomic mass is 10.1. The lowest BCUT2D eigenvalue weighted by Crippen LogP contribution is -2.44. The first-order valence-corrected chi connectivity index (χ1v) is 8.96. The summed E-state index contributed by atoms with van der Waals surface area (Å²) in [6, 6.07) is 4.18. The molecule has 1 fully saturated rings. The number of nitrogens with one attached hydrogen (secondary N) is 2. The molecule has 1 aromatic carbocycles. The molecule has 0 spiro atoms. The highest BCUT2D eigenvalue weighted by Crippen LogP contribution is 2.23. The Hall–Kier alpha value is -1.30. The summed E-state index contributed by atoms with van der Waals surface area (Å²) in [5.41, 5.74) is 3.56. The average Bonchev–Trinajstić information content (AvgIpc) is 2.57. The summed E-state index contributed by atoms with van der Waals surface area (Å²) in [5.74, 6) is 0.955. The molecule has 6 heteroatoms. The second kappa shape index (κ2) is 11.3. The number of hydrogen-bond donors (Lipinski definition) is 2. The van der Waals surface area contributed by atoms with Crippen molar-refractivity contribution in [3.8, 4) is 5.75 Å². The van der Waals surface area contributed by atoms with Gasteiger partial charge < -0.3 is 20.3 Å². The van der Waals surface area contributed by atoms with Crippen LogP contribution in [0.25, 0.3) is 0 Å². The predicted molar refractivity (Wildman–Crippen MR) is 105 cm³/mol. The second-order valence-electron chi connectivity index (χ2n) is 6.60. The molecule has 25 heavy (non-hydrogen) atoms. The molecule has 0 atom stereocenters. The standard InChI is InChI=1S/C19H31N3O2.ClH/c1-15-13-16(2)17(3)18(14-15)24-12-5-19(23)21-6-4-9-22-10-7-20-8-11-22;/h13-14,20H,4-12H2,1-3H3,(H,21,23);1H. The van der Waals surface area contributed by atoms with Gasteiger partial charge in [-0.15, -0.1) is 12.4 Å². The lowest BCUT2D eigenvalue weighted by molar-refractivity contribution is -0.121. The molecular weight excluding hydrogens is 338 g/mol. The minimum atomic E-state index is 0. The molecule has 1 aliphatic heterocycles. The van der Waals surface area contributed by atoms with E-state index >= 15 is 0 Å². The number of ether oxygens (including phenoxy) is 1.